The number of piperidine rings is 1. The Hall–Kier alpha value is -1.18. The van der Waals surface area contributed by atoms with Gasteiger partial charge in [0, 0.05) is 13.1 Å². The van der Waals surface area contributed by atoms with Crippen LogP contribution in [0, 0.1) is 18.7 Å². The molecule has 20 heavy (non-hydrogen) atoms. The minimum Gasteiger partial charge on any atom is -0.330 e. The highest BCUT2D eigenvalue weighted by atomic mass is 32.2. The number of nitrogens with zero attached hydrogens (tertiary/aromatic N) is 1. The normalized spacial score (nSPS) is 20.9. The fourth-order valence-corrected chi connectivity index (χ4v) is 3.64. The predicted molar refractivity (Wildman–Crippen MR) is 77.0 cm³/mol. The van der Waals surface area contributed by atoms with E-state index in [-0.39, 0.29) is 11.6 Å². The van der Waals surface area contributed by atoms with E-state index in [4.69, 9.17) is 5.73 Å². The molecule has 5 nitrogen and oxygen atoms in total. The third-order valence-electron chi connectivity index (χ3n) is 3.57. The van der Waals surface area contributed by atoms with Crippen LogP contribution >= 0.6 is 0 Å². The van der Waals surface area contributed by atoms with Gasteiger partial charge in [-0.25, -0.2) is 4.39 Å². The molecule has 1 aliphatic heterocycles. The maximum absolute atomic E-state index is 13.4. The number of nitrogens with one attached hydrogen (secondary N) is 1. The van der Waals surface area contributed by atoms with Crippen LogP contribution in [0.15, 0.2) is 18.2 Å². The highest BCUT2D eigenvalue weighted by Crippen LogP contribution is 2.21. The molecular weight excluding hydrogens is 281 g/mol. The van der Waals surface area contributed by atoms with Gasteiger partial charge in [-0.15, -0.1) is 0 Å². The molecule has 7 heteroatoms. The van der Waals surface area contributed by atoms with Gasteiger partial charge in [0.1, 0.15) is 5.82 Å². The van der Waals surface area contributed by atoms with Crippen molar-refractivity contribution < 1.29 is 12.8 Å². The summed E-state index contributed by atoms with van der Waals surface area (Å²) in [6, 6.07) is 4.30. The monoisotopic (exact) mass is 301 g/mol. The number of hydrogen-bond donors (Lipinski definition) is 2. The molecule has 0 bridgehead atoms. The minimum absolute atomic E-state index is 0.190. The van der Waals surface area contributed by atoms with Crippen LogP contribution < -0.4 is 10.5 Å². The van der Waals surface area contributed by atoms with E-state index < -0.39 is 16.0 Å². The van der Waals surface area contributed by atoms with Crippen LogP contribution in [-0.4, -0.2) is 32.4 Å². The molecule has 1 unspecified atom stereocenters. The zero-order valence-electron chi connectivity index (χ0n) is 11.5. The second-order valence-corrected chi connectivity index (χ2v) is 6.84. The predicted octanol–water partition coefficient (Wildman–Crippen LogP) is 1.46. The van der Waals surface area contributed by atoms with E-state index in [2.05, 4.69) is 4.72 Å². The molecule has 2 rings (SSSR count). The Kier molecular flexibility index (Phi) is 4.62. The van der Waals surface area contributed by atoms with Crippen molar-refractivity contribution in [3.05, 3.63) is 29.6 Å². The number of halogens is 1. The van der Waals surface area contributed by atoms with Crippen LogP contribution in [-0.2, 0) is 10.2 Å². The van der Waals surface area contributed by atoms with Gasteiger partial charge < -0.3 is 5.73 Å². The first-order chi connectivity index (χ1) is 9.42. The Bertz CT molecular complexity index is 577. The smallest absolute Gasteiger partial charge is 0.301 e. The van der Waals surface area contributed by atoms with Gasteiger partial charge in [-0.1, -0.05) is 6.07 Å². The molecule has 1 atom stereocenters. The molecular formula is C13H20FN3O2S. The number of aryl methyl sites for hydroxylation is 1. The van der Waals surface area contributed by atoms with Gasteiger partial charge in [0.2, 0.25) is 0 Å². The quantitative estimate of drug-likeness (QED) is 0.884. The Morgan fingerprint density at radius 2 is 2.25 bits per heavy atom. The van der Waals surface area contributed by atoms with Gasteiger partial charge in [-0.3, -0.25) is 4.72 Å². The zero-order valence-corrected chi connectivity index (χ0v) is 12.3. The minimum atomic E-state index is -3.65. The third-order valence-corrected chi connectivity index (χ3v) is 5.08. The molecule has 0 radical (unpaired) electrons. The lowest BCUT2D eigenvalue weighted by Crippen LogP contribution is -2.44. The molecule has 0 amide bonds. The van der Waals surface area contributed by atoms with E-state index in [1.54, 1.807) is 19.1 Å². The lowest BCUT2D eigenvalue weighted by atomic mass is 10.0. The first-order valence-electron chi connectivity index (χ1n) is 6.66. The van der Waals surface area contributed by atoms with E-state index in [9.17, 15) is 12.8 Å². The van der Waals surface area contributed by atoms with Crippen molar-refractivity contribution in [1.29, 1.82) is 0 Å². The van der Waals surface area contributed by atoms with Crippen LogP contribution in [0.2, 0.25) is 0 Å². The van der Waals surface area contributed by atoms with Gasteiger partial charge in [-0.2, -0.15) is 12.7 Å². The van der Waals surface area contributed by atoms with Crippen molar-refractivity contribution in [3.63, 3.8) is 0 Å². The average Bonchev–Trinajstić information content (AvgIpc) is 2.43. The summed E-state index contributed by atoms with van der Waals surface area (Å²) < 4.78 is 41.8. The van der Waals surface area contributed by atoms with E-state index in [0.717, 1.165) is 12.8 Å². The summed E-state index contributed by atoms with van der Waals surface area (Å²) in [6.07, 6.45) is 1.74. The first-order valence-corrected chi connectivity index (χ1v) is 8.10. The Balaban J connectivity index is 2.12. The summed E-state index contributed by atoms with van der Waals surface area (Å²) >= 11 is 0. The molecule has 0 aliphatic carbocycles. The molecule has 0 aromatic heterocycles. The van der Waals surface area contributed by atoms with Gasteiger partial charge >= 0.3 is 10.2 Å². The third kappa shape index (κ3) is 3.47. The molecule has 1 fully saturated rings. The van der Waals surface area contributed by atoms with Crippen molar-refractivity contribution in [3.8, 4) is 0 Å². The fraction of sp³-hybridized carbons (Fsp3) is 0.538. The zero-order chi connectivity index (χ0) is 14.8. The van der Waals surface area contributed by atoms with Gasteiger partial charge in [0.15, 0.2) is 0 Å². The van der Waals surface area contributed by atoms with Gasteiger partial charge in [-0.05, 0) is 49.9 Å². The molecule has 0 spiro atoms. The lowest BCUT2D eigenvalue weighted by Gasteiger charge is -2.31. The molecule has 1 aromatic rings. The molecule has 3 N–H and O–H groups in total. The number of hydrogen-bond acceptors (Lipinski definition) is 3. The molecule has 1 saturated heterocycles. The number of rotatable bonds is 4. The summed E-state index contributed by atoms with van der Waals surface area (Å²) in [5.74, 6) is -0.237. The van der Waals surface area contributed by atoms with Crippen LogP contribution in [0.3, 0.4) is 0 Å². The number of benzene rings is 1. The lowest BCUT2D eigenvalue weighted by molar-refractivity contribution is 0.273. The highest BCUT2D eigenvalue weighted by molar-refractivity contribution is 7.90. The molecule has 1 aromatic carbocycles. The largest absolute Gasteiger partial charge is 0.330 e. The summed E-state index contributed by atoms with van der Waals surface area (Å²) in [6.45, 7) is 3.00. The SMILES string of the molecule is Cc1ccc(NS(=O)(=O)N2CCCC(CN)C2)cc1F. The van der Waals surface area contributed by atoms with Crippen LogP contribution in [0.1, 0.15) is 18.4 Å². The summed E-state index contributed by atoms with van der Waals surface area (Å²) in [5.41, 5.74) is 6.33. The van der Waals surface area contributed by atoms with Gasteiger partial charge in [0.05, 0.1) is 5.69 Å². The number of anilines is 1. The van der Waals surface area contributed by atoms with Crippen LogP contribution in [0.25, 0.3) is 0 Å². The van der Waals surface area contributed by atoms with Crippen molar-refractivity contribution >= 4 is 15.9 Å². The Morgan fingerprint density at radius 1 is 1.50 bits per heavy atom. The van der Waals surface area contributed by atoms with Crippen molar-refractivity contribution in [1.82, 2.24) is 4.31 Å². The van der Waals surface area contributed by atoms with Crippen molar-refractivity contribution in [2.75, 3.05) is 24.4 Å². The maximum atomic E-state index is 13.4. The topological polar surface area (TPSA) is 75.4 Å². The molecule has 1 aliphatic rings. The summed E-state index contributed by atoms with van der Waals surface area (Å²) in [4.78, 5) is 0. The fourth-order valence-electron chi connectivity index (χ4n) is 2.31. The van der Waals surface area contributed by atoms with E-state index >= 15 is 0 Å². The molecule has 112 valence electrons. The highest BCUT2D eigenvalue weighted by Gasteiger charge is 2.28. The number of nitrogens with two attached hydrogens (primary N) is 1. The van der Waals surface area contributed by atoms with Gasteiger partial charge in [0.25, 0.3) is 0 Å². The van der Waals surface area contributed by atoms with Crippen LogP contribution in [0.5, 0.6) is 0 Å². The van der Waals surface area contributed by atoms with Crippen molar-refractivity contribution in [2.24, 2.45) is 11.7 Å². The standard InChI is InChI=1S/C13H20FN3O2S/c1-10-4-5-12(7-13(10)14)16-20(18,19)17-6-2-3-11(8-15)9-17/h4-5,7,11,16H,2-3,6,8-9,15H2,1H3. The van der Waals surface area contributed by atoms with E-state index in [1.807, 2.05) is 0 Å². The molecule has 1 heterocycles. The Morgan fingerprint density at radius 3 is 2.90 bits per heavy atom. The maximum Gasteiger partial charge on any atom is 0.301 e. The van der Waals surface area contributed by atoms with Crippen molar-refractivity contribution in [2.45, 2.75) is 19.8 Å². The molecule has 0 saturated carbocycles. The summed E-state index contributed by atoms with van der Waals surface area (Å²) in [5, 5.41) is 0. The van der Waals surface area contributed by atoms with E-state index in [0.29, 0.717) is 25.2 Å². The first kappa shape index (κ1) is 15.2. The Labute approximate surface area is 119 Å². The second kappa shape index (κ2) is 6.07. The van der Waals surface area contributed by atoms with Crippen LogP contribution in [0.4, 0.5) is 10.1 Å². The summed E-state index contributed by atoms with van der Waals surface area (Å²) in [7, 11) is -3.65. The average molecular weight is 301 g/mol. The van der Waals surface area contributed by atoms with E-state index in [1.165, 1.54) is 10.4 Å². The second-order valence-electron chi connectivity index (χ2n) is 5.17.